The van der Waals surface area contributed by atoms with Gasteiger partial charge < -0.3 is 18.9 Å². The van der Waals surface area contributed by atoms with Gasteiger partial charge in [0.1, 0.15) is 5.76 Å². The van der Waals surface area contributed by atoms with Crippen LogP contribution in [0.5, 0.6) is 0 Å². The van der Waals surface area contributed by atoms with Crippen LogP contribution in [0.1, 0.15) is 36.3 Å². The minimum Gasteiger partial charge on any atom is -0.378 e. The zero-order valence-electron chi connectivity index (χ0n) is 13.1. The fourth-order valence-corrected chi connectivity index (χ4v) is 2.39. The molecule has 1 atom stereocenters. The van der Waals surface area contributed by atoms with Crippen molar-refractivity contribution in [3.05, 3.63) is 17.0 Å². The lowest BCUT2D eigenvalue weighted by atomic mass is 10.2. The molecule has 2 heterocycles. The third kappa shape index (κ3) is 4.54. The van der Waals surface area contributed by atoms with Gasteiger partial charge in [-0.1, -0.05) is 5.16 Å². The van der Waals surface area contributed by atoms with Crippen LogP contribution in [0.3, 0.4) is 0 Å². The Hall–Kier alpha value is -1.40. The second-order valence-electron chi connectivity index (χ2n) is 5.51. The lowest BCUT2D eigenvalue weighted by Gasteiger charge is -2.17. The van der Waals surface area contributed by atoms with Gasteiger partial charge >= 0.3 is 0 Å². The summed E-state index contributed by atoms with van der Waals surface area (Å²) in [6.45, 7) is 6.11. The normalized spacial score (nSPS) is 18.1. The Kier molecular flexibility index (Phi) is 5.76. The first kappa shape index (κ1) is 16.0. The van der Waals surface area contributed by atoms with Gasteiger partial charge in [0.25, 0.3) is 0 Å². The maximum Gasteiger partial charge on any atom is 0.224 e. The van der Waals surface area contributed by atoms with Crippen LogP contribution in [0.15, 0.2) is 4.52 Å². The molecule has 0 saturated carbocycles. The standard InChI is InChI=1S/C15H24N2O4/c1-11-14(12(2)21-16-11)9-17(3)15(18)6-8-19-10-13-5-4-7-20-13/h13H,4-10H2,1-3H3. The number of rotatable bonds is 7. The van der Waals surface area contributed by atoms with Crippen LogP contribution in [0.4, 0.5) is 0 Å². The van der Waals surface area contributed by atoms with Crippen LogP contribution in [0, 0.1) is 13.8 Å². The van der Waals surface area contributed by atoms with Gasteiger partial charge in [0.05, 0.1) is 38.0 Å². The average Bonchev–Trinajstić information content (AvgIpc) is 3.08. The predicted octanol–water partition coefficient (Wildman–Crippen LogP) is 1.84. The third-order valence-electron chi connectivity index (χ3n) is 3.79. The molecule has 1 aromatic heterocycles. The molecule has 0 radical (unpaired) electrons. The van der Waals surface area contributed by atoms with Crippen molar-refractivity contribution in [3.8, 4) is 0 Å². The van der Waals surface area contributed by atoms with Gasteiger partial charge in [-0.2, -0.15) is 0 Å². The maximum absolute atomic E-state index is 12.1. The molecule has 21 heavy (non-hydrogen) atoms. The summed E-state index contributed by atoms with van der Waals surface area (Å²) in [6.07, 6.45) is 2.75. The van der Waals surface area contributed by atoms with Gasteiger partial charge in [0.2, 0.25) is 5.91 Å². The van der Waals surface area contributed by atoms with E-state index in [4.69, 9.17) is 14.0 Å². The number of aryl methyl sites for hydroxylation is 2. The molecule has 0 bridgehead atoms. The van der Waals surface area contributed by atoms with Crippen molar-refractivity contribution in [2.24, 2.45) is 0 Å². The van der Waals surface area contributed by atoms with Gasteiger partial charge in [-0.25, -0.2) is 0 Å². The molecule has 1 saturated heterocycles. The van der Waals surface area contributed by atoms with Crippen molar-refractivity contribution in [1.82, 2.24) is 10.1 Å². The van der Waals surface area contributed by atoms with Gasteiger partial charge in [0, 0.05) is 19.2 Å². The molecule has 0 aromatic carbocycles. The Morgan fingerprint density at radius 1 is 1.48 bits per heavy atom. The number of amides is 1. The van der Waals surface area contributed by atoms with Crippen molar-refractivity contribution >= 4 is 5.91 Å². The molecule has 1 amide bonds. The number of carbonyl (C=O) groups is 1. The van der Waals surface area contributed by atoms with E-state index in [9.17, 15) is 4.79 Å². The second kappa shape index (κ2) is 7.56. The van der Waals surface area contributed by atoms with E-state index >= 15 is 0 Å². The molecular weight excluding hydrogens is 272 g/mol. The molecule has 118 valence electrons. The first-order valence-electron chi connectivity index (χ1n) is 7.43. The predicted molar refractivity (Wildman–Crippen MR) is 76.9 cm³/mol. The number of hydrogen-bond acceptors (Lipinski definition) is 5. The minimum atomic E-state index is 0.0577. The molecule has 1 aliphatic rings. The van der Waals surface area contributed by atoms with E-state index < -0.39 is 0 Å². The van der Waals surface area contributed by atoms with Crippen LogP contribution in [0.25, 0.3) is 0 Å². The maximum atomic E-state index is 12.1. The Bertz CT molecular complexity index is 447. The summed E-state index contributed by atoms with van der Waals surface area (Å²) in [5, 5.41) is 3.90. The number of nitrogens with zero attached hydrogens (tertiary/aromatic N) is 2. The molecule has 6 nitrogen and oxygen atoms in total. The molecule has 6 heteroatoms. The van der Waals surface area contributed by atoms with Crippen LogP contribution >= 0.6 is 0 Å². The summed E-state index contributed by atoms with van der Waals surface area (Å²) in [5.74, 6) is 0.823. The largest absolute Gasteiger partial charge is 0.378 e. The zero-order valence-corrected chi connectivity index (χ0v) is 13.1. The Morgan fingerprint density at radius 3 is 2.90 bits per heavy atom. The van der Waals surface area contributed by atoms with E-state index in [0.29, 0.717) is 26.2 Å². The van der Waals surface area contributed by atoms with Crippen molar-refractivity contribution in [2.75, 3.05) is 26.9 Å². The first-order valence-corrected chi connectivity index (χ1v) is 7.43. The Morgan fingerprint density at radius 2 is 2.29 bits per heavy atom. The molecule has 0 spiro atoms. The molecule has 1 unspecified atom stereocenters. The highest BCUT2D eigenvalue weighted by Gasteiger charge is 2.17. The van der Waals surface area contributed by atoms with E-state index in [1.807, 2.05) is 13.8 Å². The summed E-state index contributed by atoms with van der Waals surface area (Å²) in [6, 6.07) is 0. The Labute approximate surface area is 125 Å². The SMILES string of the molecule is Cc1noc(C)c1CN(C)C(=O)CCOCC1CCCO1. The van der Waals surface area contributed by atoms with Crippen molar-refractivity contribution < 1.29 is 18.8 Å². The molecule has 0 aliphatic carbocycles. The highest BCUT2D eigenvalue weighted by atomic mass is 16.5. The first-order chi connectivity index (χ1) is 10.1. The fourth-order valence-electron chi connectivity index (χ4n) is 2.39. The molecule has 1 fully saturated rings. The number of carbonyl (C=O) groups excluding carboxylic acids is 1. The van der Waals surface area contributed by atoms with Crippen LogP contribution in [0.2, 0.25) is 0 Å². The number of hydrogen-bond donors (Lipinski definition) is 0. The van der Waals surface area contributed by atoms with E-state index in [-0.39, 0.29) is 12.0 Å². The number of ether oxygens (including phenoxy) is 2. The van der Waals surface area contributed by atoms with Gasteiger partial charge in [-0.3, -0.25) is 4.79 Å². The highest BCUT2D eigenvalue weighted by molar-refractivity contribution is 5.76. The van der Waals surface area contributed by atoms with Crippen molar-refractivity contribution in [3.63, 3.8) is 0 Å². The summed E-state index contributed by atoms with van der Waals surface area (Å²) in [7, 11) is 1.79. The van der Waals surface area contributed by atoms with Crippen LogP contribution < -0.4 is 0 Å². The smallest absolute Gasteiger partial charge is 0.224 e. The summed E-state index contributed by atoms with van der Waals surface area (Å²) in [4.78, 5) is 13.7. The number of aromatic nitrogens is 1. The zero-order chi connectivity index (χ0) is 15.2. The fraction of sp³-hybridized carbons (Fsp3) is 0.733. The van der Waals surface area contributed by atoms with E-state index in [1.165, 1.54) is 0 Å². The summed E-state index contributed by atoms with van der Waals surface area (Å²) < 4.78 is 16.1. The quantitative estimate of drug-likeness (QED) is 0.718. The molecule has 2 rings (SSSR count). The van der Waals surface area contributed by atoms with Crippen molar-refractivity contribution in [1.29, 1.82) is 0 Å². The molecule has 1 aliphatic heterocycles. The van der Waals surface area contributed by atoms with E-state index in [1.54, 1.807) is 11.9 Å². The molecular formula is C15H24N2O4. The van der Waals surface area contributed by atoms with Crippen LogP contribution in [-0.4, -0.2) is 48.9 Å². The second-order valence-corrected chi connectivity index (χ2v) is 5.51. The van der Waals surface area contributed by atoms with E-state index in [2.05, 4.69) is 5.16 Å². The lowest BCUT2D eigenvalue weighted by molar-refractivity contribution is -0.131. The van der Waals surface area contributed by atoms with Gasteiger partial charge in [-0.05, 0) is 26.7 Å². The van der Waals surface area contributed by atoms with Crippen LogP contribution in [-0.2, 0) is 20.8 Å². The lowest BCUT2D eigenvalue weighted by Crippen LogP contribution is -2.28. The monoisotopic (exact) mass is 296 g/mol. The van der Waals surface area contributed by atoms with Gasteiger partial charge in [0.15, 0.2) is 0 Å². The minimum absolute atomic E-state index is 0.0577. The highest BCUT2D eigenvalue weighted by Crippen LogP contribution is 2.15. The van der Waals surface area contributed by atoms with E-state index in [0.717, 1.165) is 36.5 Å². The van der Waals surface area contributed by atoms with Gasteiger partial charge in [-0.15, -0.1) is 0 Å². The third-order valence-corrected chi connectivity index (χ3v) is 3.79. The summed E-state index contributed by atoms with van der Waals surface area (Å²) in [5.41, 5.74) is 1.81. The molecule has 1 aromatic rings. The average molecular weight is 296 g/mol. The Balaban J connectivity index is 1.67. The van der Waals surface area contributed by atoms with Crippen molar-refractivity contribution in [2.45, 2.75) is 45.8 Å². The topological polar surface area (TPSA) is 64.8 Å². The summed E-state index contributed by atoms with van der Waals surface area (Å²) >= 11 is 0. The molecule has 0 N–H and O–H groups in total.